The smallest absolute Gasteiger partial charge is 0.231 e. The standard InChI is InChI=1S/C35H31N7O2/c43-34(36-20-24-10-4-1-5-11-24)29-23-42(22-26-12-6-2-7-13-26)33-30-31(29)40-41-32(30)38-35(39-33)37-21-25-16-18-28(19-17-25)44-27-14-8-3-9-15-27/h1-19,29H,20-23H2,(H,36,43)(H2,37,38,39,40,41). The topological polar surface area (TPSA) is 108 Å². The van der Waals surface area contributed by atoms with Crippen LogP contribution in [0.2, 0.25) is 0 Å². The van der Waals surface area contributed by atoms with Crippen LogP contribution in [0, 0.1) is 0 Å². The quantitative estimate of drug-likeness (QED) is 0.177. The van der Waals surface area contributed by atoms with Crippen LogP contribution < -0.4 is 20.3 Å². The fraction of sp³-hybridized carbons (Fsp3) is 0.143. The van der Waals surface area contributed by atoms with E-state index in [-0.39, 0.29) is 5.91 Å². The van der Waals surface area contributed by atoms with E-state index in [0.717, 1.165) is 39.4 Å². The first-order chi connectivity index (χ1) is 21.7. The van der Waals surface area contributed by atoms with Crippen LogP contribution in [-0.2, 0) is 24.4 Å². The summed E-state index contributed by atoms with van der Waals surface area (Å²) in [5.74, 6) is 2.26. The van der Waals surface area contributed by atoms with Gasteiger partial charge in [-0.1, -0.05) is 91.0 Å². The third kappa shape index (κ3) is 5.94. The number of para-hydroxylation sites is 1. The van der Waals surface area contributed by atoms with Gasteiger partial charge < -0.3 is 20.3 Å². The Kier molecular flexibility index (Phi) is 7.57. The molecule has 1 atom stereocenters. The zero-order chi connectivity index (χ0) is 29.7. The maximum absolute atomic E-state index is 13.5. The molecule has 1 aliphatic rings. The van der Waals surface area contributed by atoms with Gasteiger partial charge in [-0.3, -0.25) is 9.89 Å². The average Bonchev–Trinajstić information content (AvgIpc) is 3.50. The number of nitrogens with one attached hydrogen (secondary N) is 3. The van der Waals surface area contributed by atoms with Crippen LogP contribution in [0.1, 0.15) is 28.3 Å². The largest absolute Gasteiger partial charge is 0.457 e. The zero-order valence-corrected chi connectivity index (χ0v) is 24.0. The fourth-order valence-electron chi connectivity index (χ4n) is 5.43. The second-order valence-electron chi connectivity index (χ2n) is 10.7. The summed E-state index contributed by atoms with van der Waals surface area (Å²) in [5.41, 5.74) is 4.50. The number of hydrogen-bond donors (Lipinski definition) is 3. The van der Waals surface area contributed by atoms with Crippen molar-refractivity contribution in [3.63, 3.8) is 0 Å². The molecule has 0 spiro atoms. The molecule has 218 valence electrons. The normalized spacial score (nSPS) is 13.9. The van der Waals surface area contributed by atoms with Gasteiger partial charge in [-0.2, -0.15) is 15.1 Å². The lowest BCUT2D eigenvalue weighted by atomic mass is 9.96. The maximum atomic E-state index is 13.5. The summed E-state index contributed by atoms with van der Waals surface area (Å²) in [4.78, 5) is 25.3. The van der Waals surface area contributed by atoms with E-state index in [1.54, 1.807) is 0 Å². The summed E-state index contributed by atoms with van der Waals surface area (Å²) in [6.45, 7) is 2.03. The van der Waals surface area contributed by atoms with Gasteiger partial charge in [0.25, 0.3) is 0 Å². The molecule has 2 aromatic heterocycles. The van der Waals surface area contributed by atoms with Gasteiger partial charge in [0.05, 0.1) is 11.1 Å². The zero-order valence-electron chi connectivity index (χ0n) is 24.0. The number of benzene rings is 4. The van der Waals surface area contributed by atoms with E-state index >= 15 is 0 Å². The number of nitrogens with zero attached hydrogens (tertiary/aromatic N) is 4. The summed E-state index contributed by atoms with van der Waals surface area (Å²) < 4.78 is 5.92. The molecule has 7 rings (SSSR count). The summed E-state index contributed by atoms with van der Waals surface area (Å²) in [5, 5.41) is 14.9. The number of ether oxygens (including phenoxy) is 1. The monoisotopic (exact) mass is 581 g/mol. The number of carbonyl (C=O) groups is 1. The van der Waals surface area contributed by atoms with Crippen LogP contribution >= 0.6 is 0 Å². The van der Waals surface area contributed by atoms with Crippen LogP contribution in [0.4, 0.5) is 11.8 Å². The second kappa shape index (κ2) is 12.3. The van der Waals surface area contributed by atoms with Gasteiger partial charge in [-0.25, -0.2) is 0 Å². The average molecular weight is 582 g/mol. The van der Waals surface area contributed by atoms with E-state index in [1.165, 1.54) is 0 Å². The lowest BCUT2D eigenvalue weighted by Gasteiger charge is -2.32. The van der Waals surface area contributed by atoms with Crippen molar-refractivity contribution in [1.29, 1.82) is 0 Å². The molecule has 4 aromatic carbocycles. The van der Waals surface area contributed by atoms with E-state index in [0.29, 0.717) is 43.5 Å². The third-order valence-electron chi connectivity index (χ3n) is 7.66. The highest BCUT2D eigenvalue weighted by atomic mass is 16.5. The SMILES string of the molecule is O=C(NCc1ccccc1)C1CN(Cc2ccccc2)c2nc(NCc3ccc(Oc4ccccc4)cc3)nc3[nH]nc1c23. The minimum Gasteiger partial charge on any atom is -0.457 e. The fourth-order valence-corrected chi connectivity index (χ4v) is 5.43. The molecule has 0 saturated carbocycles. The van der Waals surface area contributed by atoms with Gasteiger partial charge in [0.15, 0.2) is 5.65 Å². The van der Waals surface area contributed by atoms with Crippen LogP contribution in [0.3, 0.4) is 0 Å². The number of rotatable bonds is 10. The second-order valence-corrected chi connectivity index (χ2v) is 10.7. The molecule has 9 heteroatoms. The van der Waals surface area contributed by atoms with Crippen molar-refractivity contribution < 1.29 is 9.53 Å². The number of anilines is 2. The Bertz CT molecular complexity index is 1860. The molecular weight excluding hydrogens is 550 g/mol. The van der Waals surface area contributed by atoms with Crippen molar-refractivity contribution in [2.45, 2.75) is 25.6 Å². The predicted molar refractivity (Wildman–Crippen MR) is 170 cm³/mol. The molecule has 3 N–H and O–H groups in total. The molecule has 0 fully saturated rings. The highest BCUT2D eigenvalue weighted by Gasteiger charge is 2.36. The molecule has 0 aliphatic carbocycles. The molecule has 9 nitrogen and oxygen atoms in total. The molecule has 0 radical (unpaired) electrons. The van der Waals surface area contributed by atoms with Gasteiger partial charge in [0.1, 0.15) is 23.2 Å². The number of amides is 1. The minimum atomic E-state index is -0.470. The highest BCUT2D eigenvalue weighted by Crippen LogP contribution is 2.38. The Hall–Kier alpha value is -5.70. The Morgan fingerprint density at radius 2 is 1.41 bits per heavy atom. The van der Waals surface area contributed by atoms with Crippen molar-refractivity contribution >= 4 is 28.7 Å². The Labute approximate surface area is 254 Å². The first kappa shape index (κ1) is 27.2. The van der Waals surface area contributed by atoms with Crippen LogP contribution in [0.5, 0.6) is 11.5 Å². The Morgan fingerprint density at radius 3 is 2.14 bits per heavy atom. The van der Waals surface area contributed by atoms with Gasteiger partial charge in [-0.15, -0.1) is 0 Å². The van der Waals surface area contributed by atoms with Gasteiger partial charge in [0.2, 0.25) is 11.9 Å². The molecule has 1 aliphatic heterocycles. The summed E-state index contributed by atoms with van der Waals surface area (Å²) >= 11 is 0. The molecule has 6 aromatic rings. The van der Waals surface area contributed by atoms with Crippen LogP contribution in [0.15, 0.2) is 115 Å². The Balaban J connectivity index is 1.12. The Morgan fingerprint density at radius 1 is 0.773 bits per heavy atom. The summed E-state index contributed by atoms with van der Waals surface area (Å²) in [7, 11) is 0. The van der Waals surface area contributed by atoms with Crippen LogP contribution in [0.25, 0.3) is 11.0 Å². The van der Waals surface area contributed by atoms with Crippen LogP contribution in [-0.4, -0.2) is 32.6 Å². The first-order valence-electron chi connectivity index (χ1n) is 14.6. The van der Waals surface area contributed by atoms with E-state index in [4.69, 9.17) is 14.7 Å². The van der Waals surface area contributed by atoms with Gasteiger partial charge >= 0.3 is 0 Å². The molecule has 1 unspecified atom stereocenters. The first-order valence-corrected chi connectivity index (χ1v) is 14.6. The van der Waals surface area contributed by atoms with E-state index in [9.17, 15) is 4.79 Å². The molecular formula is C35H31N7O2. The van der Waals surface area contributed by atoms with Crippen molar-refractivity contribution in [2.75, 3.05) is 16.8 Å². The molecule has 0 bridgehead atoms. The van der Waals surface area contributed by atoms with Crippen molar-refractivity contribution in [2.24, 2.45) is 0 Å². The van der Waals surface area contributed by atoms with Gasteiger partial charge in [-0.05, 0) is 41.0 Å². The highest BCUT2D eigenvalue weighted by molar-refractivity contribution is 5.98. The molecule has 0 saturated heterocycles. The number of aromatic nitrogens is 4. The van der Waals surface area contributed by atoms with E-state index < -0.39 is 5.92 Å². The summed E-state index contributed by atoms with van der Waals surface area (Å²) in [6, 6.07) is 37.7. The minimum absolute atomic E-state index is 0.0761. The van der Waals surface area contributed by atoms with Crippen molar-refractivity contribution in [3.8, 4) is 11.5 Å². The molecule has 44 heavy (non-hydrogen) atoms. The van der Waals surface area contributed by atoms with Gasteiger partial charge in [0, 0.05) is 26.2 Å². The predicted octanol–water partition coefficient (Wildman–Crippen LogP) is 6.18. The van der Waals surface area contributed by atoms with Crippen molar-refractivity contribution in [3.05, 3.63) is 138 Å². The van der Waals surface area contributed by atoms with E-state index in [1.807, 2.05) is 103 Å². The number of hydrogen-bond acceptors (Lipinski definition) is 7. The van der Waals surface area contributed by atoms with E-state index in [2.05, 4.69) is 37.9 Å². The number of H-pyrrole nitrogens is 1. The van der Waals surface area contributed by atoms with Crippen molar-refractivity contribution in [1.82, 2.24) is 25.5 Å². The summed E-state index contributed by atoms with van der Waals surface area (Å²) in [6.07, 6.45) is 0. The molecule has 3 heterocycles. The maximum Gasteiger partial charge on any atom is 0.231 e. The number of aromatic amines is 1. The number of carbonyl (C=O) groups excluding carboxylic acids is 1. The molecule has 1 amide bonds. The third-order valence-corrected chi connectivity index (χ3v) is 7.66. The lowest BCUT2D eigenvalue weighted by Crippen LogP contribution is -2.40. The lowest BCUT2D eigenvalue weighted by molar-refractivity contribution is -0.122.